The van der Waals surface area contributed by atoms with Gasteiger partial charge in [-0.3, -0.25) is 0 Å². The van der Waals surface area contributed by atoms with Gasteiger partial charge in [-0.05, 0) is 13.0 Å². The Bertz CT molecular complexity index is 377. The Balaban J connectivity index is 0.000000396. The number of hydrogen-bond acceptors (Lipinski definition) is 2. The van der Waals surface area contributed by atoms with Crippen LogP contribution >= 0.6 is 0 Å². The minimum Gasteiger partial charge on any atom is -0.241 e. The second kappa shape index (κ2) is 4.55. The van der Waals surface area contributed by atoms with Crippen LogP contribution in [0.25, 0.3) is 10.9 Å². The standard InChI is InChI=1S/C9H8N2.C2H6/c1-7-8-4-2-3-5-9(8)11-6-10-7;1-2/h2-6H,1H3;1-2H3. The molecule has 1 aromatic carbocycles. The van der Waals surface area contributed by atoms with Crippen LogP contribution < -0.4 is 0 Å². The quantitative estimate of drug-likeness (QED) is 0.613. The maximum atomic E-state index is 4.13. The number of aryl methyl sites for hydroxylation is 1. The lowest BCUT2D eigenvalue weighted by molar-refractivity contribution is 1.15. The first-order chi connectivity index (χ1) is 6.38. The second-order valence-electron chi connectivity index (χ2n) is 2.48. The van der Waals surface area contributed by atoms with E-state index in [4.69, 9.17) is 0 Å². The van der Waals surface area contributed by atoms with Gasteiger partial charge in [-0.1, -0.05) is 32.0 Å². The molecule has 0 bridgehead atoms. The predicted octanol–water partition coefficient (Wildman–Crippen LogP) is 2.96. The lowest BCUT2D eigenvalue weighted by Gasteiger charge is -1.96. The third-order valence-corrected chi connectivity index (χ3v) is 1.74. The van der Waals surface area contributed by atoms with Crippen LogP contribution in [0, 0.1) is 6.92 Å². The molecule has 0 aliphatic rings. The third kappa shape index (κ3) is 2.02. The molecular weight excluding hydrogens is 160 g/mol. The molecular formula is C11H14N2. The van der Waals surface area contributed by atoms with Crippen molar-refractivity contribution in [3.05, 3.63) is 36.3 Å². The van der Waals surface area contributed by atoms with Crippen LogP contribution in [-0.4, -0.2) is 9.97 Å². The SMILES string of the molecule is CC.Cc1ncnc2ccccc12. The summed E-state index contributed by atoms with van der Waals surface area (Å²) >= 11 is 0. The summed E-state index contributed by atoms with van der Waals surface area (Å²) in [6.45, 7) is 5.99. The van der Waals surface area contributed by atoms with E-state index in [1.54, 1.807) is 6.33 Å². The second-order valence-corrected chi connectivity index (χ2v) is 2.48. The summed E-state index contributed by atoms with van der Waals surface area (Å²) < 4.78 is 0. The fourth-order valence-corrected chi connectivity index (χ4v) is 1.14. The molecule has 2 heteroatoms. The Morgan fingerprint density at radius 3 is 2.38 bits per heavy atom. The fraction of sp³-hybridized carbons (Fsp3) is 0.273. The summed E-state index contributed by atoms with van der Waals surface area (Å²) in [7, 11) is 0. The highest BCUT2D eigenvalue weighted by molar-refractivity contribution is 5.80. The summed E-state index contributed by atoms with van der Waals surface area (Å²) in [5, 5.41) is 1.13. The number of para-hydroxylation sites is 1. The molecule has 0 saturated heterocycles. The normalized spacial score (nSPS) is 9.15. The highest BCUT2D eigenvalue weighted by Gasteiger charge is 1.94. The maximum absolute atomic E-state index is 4.13. The van der Waals surface area contributed by atoms with Crippen LogP contribution in [0.2, 0.25) is 0 Å². The Labute approximate surface area is 78.7 Å². The van der Waals surface area contributed by atoms with E-state index in [1.807, 2.05) is 45.0 Å². The fourth-order valence-electron chi connectivity index (χ4n) is 1.14. The summed E-state index contributed by atoms with van der Waals surface area (Å²) in [6.07, 6.45) is 1.59. The zero-order valence-electron chi connectivity index (χ0n) is 8.28. The van der Waals surface area contributed by atoms with Crippen LogP contribution in [0.5, 0.6) is 0 Å². The molecule has 2 nitrogen and oxygen atoms in total. The van der Waals surface area contributed by atoms with Gasteiger partial charge in [0, 0.05) is 11.1 Å². The number of fused-ring (bicyclic) bond motifs is 1. The van der Waals surface area contributed by atoms with Crippen molar-refractivity contribution in [2.75, 3.05) is 0 Å². The van der Waals surface area contributed by atoms with Gasteiger partial charge >= 0.3 is 0 Å². The molecule has 0 saturated carbocycles. The lowest BCUT2D eigenvalue weighted by Crippen LogP contribution is -1.85. The average molecular weight is 174 g/mol. The molecule has 0 N–H and O–H groups in total. The van der Waals surface area contributed by atoms with E-state index in [0.717, 1.165) is 16.6 Å². The zero-order valence-corrected chi connectivity index (χ0v) is 8.28. The third-order valence-electron chi connectivity index (χ3n) is 1.74. The Hall–Kier alpha value is -1.44. The minimum atomic E-state index is 1.01. The first-order valence-electron chi connectivity index (χ1n) is 4.54. The molecule has 0 radical (unpaired) electrons. The lowest BCUT2D eigenvalue weighted by atomic mass is 10.2. The highest BCUT2D eigenvalue weighted by Crippen LogP contribution is 2.11. The molecule has 13 heavy (non-hydrogen) atoms. The van der Waals surface area contributed by atoms with Crippen molar-refractivity contribution in [2.45, 2.75) is 20.8 Å². The van der Waals surface area contributed by atoms with Gasteiger partial charge < -0.3 is 0 Å². The van der Waals surface area contributed by atoms with Gasteiger partial charge in [0.05, 0.1) is 5.52 Å². The average Bonchev–Trinajstić information content (AvgIpc) is 2.22. The molecule has 1 aromatic heterocycles. The summed E-state index contributed by atoms with van der Waals surface area (Å²) in [6, 6.07) is 8.00. The largest absolute Gasteiger partial charge is 0.241 e. The molecule has 0 atom stereocenters. The predicted molar refractivity (Wildman–Crippen MR) is 55.6 cm³/mol. The van der Waals surface area contributed by atoms with E-state index in [2.05, 4.69) is 9.97 Å². The van der Waals surface area contributed by atoms with Crippen molar-refractivity contribution in [1.82, 2.24) is 9.97 Å². The van der Waals surface area contributed by atoms with Gasteiger partial charge in [-0.15, -0.1) is 0 Å². The molecule has 0 aliphatic heterocycles. The van der Waals surface area contributed by atoms with E-state index in [1.165, 1.54) is 0 Å². The number of benzene rings is 1. The Morgan fingerprint density at radius 2 is 1.69 bits per heavy atom. The van der Waals surface area contributed by atoms with Gasteiger partial charge in [0.15, 0.2) is 0 Å². The maximum Gasteiger partial charge on any atom is 0.116 e. The zero-order chi connectivity index (χ0) is 9.68. The molecule has 0 aliphatic carbocycles. The van der Waals surface area contributed by atoms with Crippen LogP contribution in [0.1, 0.15) is 19.5 Å². The van der Waals surface area contributed by atoms with Crippen molar-refractivity contribution in [3.63, 3.8) is 0 Å². The van der Waals surface area contributed by atoms with E-state index in [0.29, 0.717) is 0 Å². The summed E-state index contributed by atoms with van der Waals surface area (Å²) in [5.41, 5.74) is 2.05. The van der Waals surface area contributed by atoms with Crippen molar-refractivity contribution in [2.24, 2.45) is 0 Å². The van der Waals surface area contributed by atoms with Gasteiger partial charge in [0.2, 0.25) is 0 Å². The van der Waals surface area contributed by atoms with Crippen molar-refractivity contribution < 1.29 is 0 Å². The van der Waals surface area contributed by atoms with E-state index >= 15 is 0 Å². The van der Waals surface area contributed by atoms with E-state index in [-0.39, 0.29) is 0 Å². The van der Waals surface area contributed by atoms with Crippen LogP contribution in [-0.2, 0) is 0 Å². The summed E-state index contributed by atoms with van der Waals surface area (Å²) in [5.74, 6) is 0. The molecule has 0 unspecified atom stereocenters. The van der Waals surface area contributed by atoms with Crippen molar-refractivity contribution in [1.29, 1.82) is 0 Å². The molecule has 1 heterocycles. The topological polar surface area (TPSA) is 25.8 Å². The molecule has 2 aromatic rings. The van der Waals surface area contributed by atoms with E-state index in [9.17, 15) is 0 Å². The first-order valence-corrected chi connectivity index (χ1v) is 4.54. The first kappa shape index (κ1) is 9.65. The monoisotopic (exact) mass is 174 g/mol. The van der Waals surface area contributed by atoms with Gasteiger partial charge in [0.1, 0.15) is 6.33 Å². The number of rotatable bonds is 0. The molecule has 68 valence electrons. The van der Waals surface area contributed by atoms with Gasteiger partial charge in [-0.25, -0.2) is 9.97 Å². The van der Waals surface area contributed by atoms with Crippen LogP contribution in [0.4, 0.5) is 0 Å². The molecule has 0 amide bonds. The Kier molecular flexibility index (Phi) is 3.38. The number of hydrogen-bond donors (Lipinski definition) is 0. The Morgan fingerprint density at radius 1 is 1.00 bits per heavy atom. The number of aromatic nitrogens is 2. The minimum absolute atomic E-state index is 1.01. The van der Waals surface area contributed by atoms with Gasteiger partial charge in [-0.2, -0.15) is 0 Å². The number of nitrogens with zero attached hydrogens (tertiary/aromatic N) is 2. The van der Waals surface area contributed by atoms with Crippen molar-refractivity contribution >= 4 is 10.9 Å². The van der Waals surface area contributed by atoms with Gasteiger partial charge in [0.25, 0.3) is 0 Å². The summed E-state index contributed by atoms with van der Waals surface area (Å²) in [4.78, 5) is 8.23. The van der Waals surface area contributed by atoms with E-state index < -0.39 is 0 Å². The van der Waals surface area contributed by atoms with Crippen LogP contribution in [0.3, 0.4) is 0 Å². The smallest absolute Gasteiger partial charge is 0.116 e. The molecule has 0 fully saturated rings. The molecule has 0 spiro atoms. The highest BCUT2D eigenvalue weighted by atomic mass is 14.8. The molecule has 2 rings (SSSR count). The van der Waals surface area contributed by atoms with Crippen molar-refractivity contribution in [3.8, 4) is 0 Å². The van der Waals surface area contributed by atoms with Crippen LogP contribution in [0.15, 0.2) is 30.6 Å².